The molecule has 6 nitrogen and oxygen atoms in total. The van der Waals surface area contributed by atoms with Crippen molar-refractivity contribution in [3.63, 3.8) is 0 Å². The highest BCUT2D eigenvalue weighted by molar-refractivity contribution is 5.89. The molecule has 0 spiro atoms. The second kappa shape index (κ2) is 8.58. The summed E-state index contributed by atoms with van der Waals surface area (Å²) >= 11 is 0. The van der Waals surface area contributed by atoms with E-state index < -0.39 is 0 Å². The highest BCUT2D eigenvalue weighted by atomic mass is 16.5. The van der Waals surface area contributed by atoms with Gasteiger partial charge in [-0.15, -0.1) is 0 Å². The number of amides is 3. The topological polar surface area (TPSA) is 70.7 Å². The van der Waals surface area contributed by atoms with Crippen molar-refractivity contribution in [2.45, 2.75) is 32.9 Å². The first-order valence-electron chi connectivity index (χ1n) is 9.20. The van der Waals surface area contributed by atoms with Gasteiger partial charge in [0, 0.05) is 37.7 Å². The fraction of sp³-hybridized carbons (Fsp3) is 0.333. The van der Waals surface area contributed by atoms with Crippen LogP contribution in [0.2, 0.25) is 0 Å². The summed E-state index contributed by atoms with van der Waals surface area (Å²) in [6.07, 6.45) is 0.731. The van der Waals surface area contributed by atoms with Crippen LogP contribution < -0.4 is 15.4 Å². The molecule has 0 fully saturated rings. The third-order valence-corrected chi connectivity index (χ3v) is 4.65. The molecule has 3 rings (SSSR count). The minimum atomic E-state index is -0.257. The molecule has 0 aliphatic carbocycles. The zero-order chi connectivity index (χ0) is 19.2. The van der Waals surface area contributed by atoms with Crippen LogP contribution in [0.1, 0.15) is 37.4 Å². The van der Waals surface area contributed by atoms with E-state index in [-0.39, 0.29) is 18.0 Å². The summed E-state index contributed by atoms with van der Waals surface area (Å²) in [5, 5.41) is 5.91. The molecule has 27 heavy (non-hydrogen) atoms. The van der Waals surface area contributed by atoms with Crippen LogP contribution in [0.5, 0.6) is 5.75 Å². The number of benzene rings is 2. The van der Waals surface area contributed by atoms with E-state index in [1.165, 1.54) is 0 Å². The summed E-state index contributed by atoms with van der Waals surface area (Å²) in [6, 6.07) is 15.0. The molecule has 2 aromatic carbocycles. The molecular formula is C21H25N3O3. The molecule has 1 aliphatic heterocycles. The van der Waals surface area contributed by atoms with E-state index in [2.05, 4.69) is 10.6 Å². The average molecular weight is 367 g/mol. The van der Waals surface area contributed by atoms with Gasteiger partial charge in [-0.3, -0.25) is 4.79 Å². The van der Waals surface area contributed by atoms with Gasteiger partial charge in [0.2, 0.25) is 5.91 Å². The minimum absolute atomic E-state index is 0.0341. The van der Waals surface area contributed by atoms with Crippen molar-refractivity contribution in [2.24, 2.45) is 0 Å². The lowest BCUT2D eigenvalue weighted by molar-refractivity contribution is -0.129. The lowest BCUT2D eigenvalue weighted by Crippen LogP contribution is -2.35. The van der Waals surface area contributed by atoms with Gasteiger partial charge < -0.3 is 20.3 Å². The third-order valence-electron chi connectivity index (χ3n) is 4.65. The van der Waals surface area contributed by atoms with E-state index in [4.69, 9.17) is 4.74 Å². The van der Waals surface area contributed by atoms with Crippen LogP contribution >= 0.6 is 0 Å². The lowest BCUT2D eigenvalue weighted by atomic mass is 10.0. The van der Waals surface area contributed by atoms with E-state index in [9.17, 15) is 9.59 Å². The normalized spacial score (nSPS) is 15.3. The fourth-order valence-electron chi connectivity index (χ4n) is 3.23. The van der Waals surface area contributed by atoms with Crippen LogP contribution in [-0.2, 0) is 11.3 Å². The van der Waals surface area contributed by atoms with Gasteiger partial charge in [-0.1, -0.05) is 30.3 Å². The fourth-order valence-corrected chi connectivity index (χ4v) is 3.23. The monoisotopic (exact) mass is 367 g/mol. The number of nitrogens with zero attached hydrogens (tertiary/aromatic N) is 1. The molecule has 6 heteroatoms. The quantitative estimate of drug-likeness (QED) is 0.846. The summed E-state index contributed by atoms with van der Waals surface area (Å²) in [5.41, 5.74) is 2.67. The second-order valence-electron chi connectivity index (χ2n) is 6.56. The van der Waals surface area contributed by atoms with Crippen molar-refractivity contribution in [3.8, 4) is 5.75 Å². The molecule has 1 unspecified atom stereocenters. The average Bonchev–Trinajstić information content (AvgIpc) is 2.66. The number of anilines is 1. The number of nitrogens with one attached hydrogen (secondary N) is 2. The van der Waals surface area contributed by atoms with E-state index in [1.54, 1.807) is 11.8 Å². The number of carbonyl (C=O) groups is 2. The Morgan fingerprint density at radius 2 is 2.00 bits per heavy atom. The Labute approximate surface area is 159 Å². The van der Waals surface area contributed by atoms with E-state index in [0.29, 0.717) is 25.4 Å². The van der Waals surface area contributed by atoms with Crippen LogP contribution in [0, 0.1) is 0 Å². The van der Waals surface area contributed by atoms with Crippen LogP contribution in [0.15, 0.2) is 48.5 Å². The summed E-state index contributed by atoms with van der Waals surface area (Å²) in [4.78, 5) is 25.8. The maximum atomic E-state index is 12.5. The van der Waals surface area contributed by atoms with Crippen molar-refractivity contribution in [3.05, 3.63) is 59.7 Å². The molecule has 2 N–H and O–H groups in total. The largest absolute Gasteiger partial charge is 0.493 e. The Balaban J connectivity index is 1.63. The van der Waals surface area contributed by atoms with Crippen molar-refractivity contribution in [1.82, 2.24) is 10.2 Å². The molecule has 142 valence electrons. The first kappa shape index (κ1) is 18.8. The molecule has 2 aromatic rings. The number of fused-ring (bicyclic) bond motifs is 1. The van der Waals surface area contributed by atoms with E-state index in [0.717, 1.165) is 23.3 Å². The molecule has 0 saturated heterocycles. The Morgan fingerprint density at radius 1 is 1.19 bits per heavy atom. The van der Waals surface area contributed by atoms with Crippen LogP contribution in [0.25, 0.3) is 0 Å². The second-order valence-corrected chi connectivity index (χ2v) is 6.56. The Kier molecular flexibility index (Phi) is 5.96. The van der Waals surface area contributed by atoms with Gasteiger partial charge in [-0.25, -0.2) is 4.79 Å². The standard InChI is InChI=1S/C21H25N3O3/c1-3-24(15(2)25)14-16-7-6-8-17(13-16)22-21(26)23-19-11-12-27-20-10-5-4-9-18(19)20/h4-10,13,19H,3,11-12,14H2,1-2H3,(H2,22,23,26). The maximum absolute atomic E-state index is 12.5. The summed E-state index contributed by atoms with van der Waals surface area (Å²) in [7, 11) is 0. The highest BCUT2D eigenvalue weighted by Gasteiger charge is 2.22. The van der Waals surface area contributed by atoms with E-state index in [1.807, 2.05) is 55.5 Å². The van der Waals surface area contributed by atoms with Crippen molar-refractivity contribution >= 4 is 17.6 Å². The number of para-hydroxylation sites is 1. The number of urea groups is 1. The van der Waals surface area contributed by atoms with Crippen LogP contribution in [-0.4, -0.2) is 30.0 Å². The predicted molar refractivity (Wildman–Crippen MR) is 105 cm³/mol. The molecular weight excluding hydrogens is 342 g/mol. The Bertz CT molecular complexity index is 822. The van der Waals surface area contributed by atoms with Crippen molar-refractivity contribution < 1.29 is 14.3 Å². The minimum Gasteiger partial charge on any atom is -0.493 e. The van der Waals surface area contributed by atoms with Gasteiger partial charge in [0.25, 0.3) is 0 Å². The summed E-state index contributed by atoms with van der Waals surface area (Å²) in [5.74, 6) is 0.853. The first-order chi connectivity index (χ1) is 13.1. The molecule has 1 heterocycles. The van der Waals surface area contributed by atoms with Gasteiger partial charge in [0.15, 0.2) is 0 Å². The zero-order valence-corrected chi connectivity index (χ0v) is 15.7. The molecule has 1 aliphatic rings. The predicted octanol–water partition coefficient (Wildman–Crippen LogP) is 3.70. The van der Waals surface area contributed by atoms with Crippen LogP contribution in [0.4, 0.5) is 10.5 Å². The van der Waals surface area contributed by atoms with Crippen molar-refractivity contribution in [1.29, 1.82) is 0 Å². The number of ether oxygens (including phenoxy) is 1. The van der Waals surface area contributed by atoms with Gasteiger partial charge >= 0.3 is 6.03 Å². The molecule has 0 radical (unpaired) electrons. The lowest BCUT2D eigenvalue weighted by Gasteiger charge is -2.26. The Hall–Kier alpha value is -3.02. The molecule has 0 bridgehead atoms. The van der Waals surface area contributed by atoms with Gasteiger partial charge in [-0.05, 0) is 30.7 Å². The van der Waals surface area contributed by atoms with Crippen LogP contribution in [0.3, 0.4) is 0 Å². The molecule has 1 atom stereocenters. The van der Waals surface area contributed by atoms with E-state index >= 15 is 0 Å². The van der Waals surface area contributed by atoms with Gasteiger partial charge in [-0.2, -0.15) is 0 Å². The molecule has 0 aromatic heterocycles. The number of carbonyl (C=O) groups excluding carboxylic acids is 2. The third kappa shape index (κ3) is 4.78. The maximum Gasteiger partial charge on any atom is 0.319 e. The summed E-state index contributed by atoms with van der Waals surface area (Å²) < 4.78 is 5.63. The number of hydrogen-bond acceptors (Lipinski definition) is 3. The SMILES string of the molecule is CCN(Cc1cccc(NC(=O)NC2CCOc3ccccc32)c1)C(C)=O. The number of hydrogen-bond donors (Lipinski definition) is 2. The summed E-state index contributed by atoms with van der Waals surface area (Å²) in [6.45, 7) is 5.26. The Morgan fingerprint density at radius 3 is 2.78 bits per heavy atom. The molecule has 0 saturated carbocycles. The van der Waals surface area contributed by atoms with Gasteiger partial charge in [0.1, 0.15) is 5.75 Å². The highest BCUT2D eigenvalue weighted by Crippen LogP contribution is 2.31. The molecule has 3 amide bonds. The first-order valence-corrected chi connectivity index (χ1v) is 9.20. The number of rotatable bonds is 5. The van der Waals surface area contributed by atoms with Crippen molar-refractivity contribution in [2.75, 3.05) is 18.5 Å². The van der Waals surface area contributed by atoms with Gasteiger partial charge in [0.05, 0.1) is 12.6 Å². The zero-order valence-electron chi connectivity index (χ0n) is 15.7. The smallest absolute Gasteiger partial charge is 0.319 e.